The van der Waals surface area contributed by atoms with Gasteiger partial charge in [0.05, 0.1) is 20.1 Å². The van der Waals surface area contributed by atoms with E-state index in [1.165, 1.54) is 28.4 Å². The number of rotatable bonds is 20. The predicted octanol–water partition coefficient (Wildman–Crippen LogP) is 9.61. The summed E-state index contributed by atoms with van der Waals surface area (Å²) < 4.78 is 48.9. The van der Waals surface area contributed by atoms with Crippen molar-refractivity contribution in [3.8, 4) is 34.5 Å². The molecule has 0 saturated carbocycles. The Morgan fingerprint density at radius 3 is 1.29 bits per heavy atom. The molecule has 0 heterocycles. The van der Waals surface area contributed by atoms with Crippen molar-refractivity contribution >= 4 is 5.78 Å². The van der Waals surface area contributed by atoms with Gasteiger partial charge in [0.15, 0.2) is 35.1 Å². The van der Waals surface area contributed by atoms with Crippen LogP contribution in [0.1, 0.15) is 44.1 Å². The van der Waals surface area contributed by atoms with Crippen molar-refractivity contribution in [3.05, 3.63) is 179 Å². The standard InChI is InChI=1S/C47H46O9/c1-49-45-41(56-32-36-23-15-8-16-24-36)28-40(55-31-35-21-13-7-14-22-35)43(46(45)50-2)44(48)42(47(51-3)52-4)37-25-26-38(53-29-33-17-9-5-10-18-33)39(27-37)54-30-34-19-11-6-12-20-34/h5-28,42,47H,29-32H2,1-4H3. The van der Waals surface area contributed by atoms with E-state index in [1.54, 1.807) is 18.2 Å². The fourth-order valence-corrected chi connectivity index (χ4v) is 6.28. The normalized spacial score (nSPS) is 11.4. The largest absolute Gasteiger partial charge is 0.492 e. The van der Waals surface area contributed by atoms with Gasteiger partial charge in [-0.1, -0.05) is 127 Å². The fourth-order valence-electron chi connectivity index (χ4n) is 6.28. The number of carbonyl (C=O) groups is 1. The number of carbonyl (C=O) groups excluding carboxylic acids is 1. The van der Waals surface area contributed by atoms with Gasteiger partial charge in [0.25, 0.3) is 0 Å². The van der Waals surface area contributed by atoms with E-state index in [4.69, 9.17) is 37.9 Å². The first kappa shape index (κ1) is 39.4. The highest BCUT2D eigenvalue weighted by Crippen LogP contribution is 2.48. The molecule has 1 atom stereocenters. The second kappa shape index (κ2) is 19.9. The number of ketones is 1. The van der Waals surface area contributed by atoms with Crippen molar-refractivity contribution in [1.82, 2.24) is 0 Å². The molecule has 9 nitrogen and oxygen atoms in total. The molecule has 56 heavy (non-hydrogen) atoms. The highest BCUT2D eigenvalue weighted by atomic mass is 16.7. The minimum Gasteiger partial charge on any atom is -0.492 e. The highest BCUT2D eigenvalue weighted by molar-refractivity contribution is 6.07. The zero-order valence-electron chi connectivity index (χ0n) is 32.0. The molecule has 288 valence electrons. The Kier molecular flexibility index (Phi) is 14.0. The highest BCUT2D eigenvalue weighted by Gasteiger charge is 2.38. The fraction of sp³-hybridized carbons (Fsp3) is 0.213. The van der Waals surface area contributed by atoms with Gasteiger partial charge in [-0.3, -0.25) is 4.79 Å². The lowest BCUT2D eigenvalue weighted by Gasteiger charge is -2.27. The number of benzene rings is 6. The Labute approximate surface area is 328 Å². The molecule has 0 fully saturated rings. The van der Waals surface area contributed by atoms with Crippen LogP contribution in [0, 0.1) is 0 Å². The Bertz CT molecular complexity index is 2120. The van der Waals surface area contributed by atoms with E-state index in [9.17, 15) is 0 Å². The van der Waals surface area contributed by atoms with E-state index < -0.39 is 18.0 Å². The third-order valence-corrected chi connectivity index (χ3v) is 9.12. The van der Waals surface area contributed by atoms with Gasteiger partial charge in [0, 0.05) is 20.3 Å². The van der Waals surface area contributed by atoms with Crippen LogP contribution in [0.2, 0.25) is 0 Å². The van der Waals surface area contributed by atoms with Crippen molar-refractivity contribution in [2.24, 2.45) is 0 Å². The third kappa shape index (κ3) is 9.87. The molecule has 1 unspecified atom stereocenters. The molecule has 0 aliphatic carbocycles. The van der Waals surface area contributed by atoms with E-state index in [0.717, 1.165) is 22.3 Å². The summed E-state index contributed by atoms with van der Waals surface area (Å²) in [5, 5.41) is 0. The smallest absolute Gasteiger partial charge is 0.204 e. The van der Waals surface area contributed by atoms with Crippen molar-refractivity contribution in [2.45, 2.75) is 38.6 Å². The topological polar surface area (TPSA) is 90.9 Å². The van der Waals surface area contributed by atoms with E-state index in [-0.39, 0.29) is 42.6 Å². The van der Waals surface area contributed by atoms with Gasteiger partial charge in [-0.05, 0) is 39.9 Å². The Morgan fingerprint density at radius 2 is 0.857 bits per heavy atom. The molecule has 0 amide bonds. The molecule has 0 bridgehead atoms. The van der Waals surface area contributed by atoms with Gasteiger partial charge in [0.2, 0.25) is 5.75 Å². The Morgan fingerprint density at radius 1 is 0.446 bits per heavy atom. The number of methoxy groups -OCH3 is 4. The van der Waals surface area contributed by atoms with Gasteiger partial charge in [-0.15, -0.1) is 0 Å². The molecule has 0 aliphatic heterocycles. The van der Waals surface area contributed by atoms with Gasteiger partial charge in [-0.2, -0.15) is 0 Å². The van der Waals surface area contributed by atoms with E-state index in [0.29, 0.717) is 29.4 Å². The zero-order valence-corrected chi connectivity index (χ0v) is 32.0. The lowest BCUT2D eigenvalue weighted by atomic mass is 9.88. The van der Waals surface area contributed by atoms with Crippen LogP contribution in [0.25, 0.3) is 0 Å². The SMILES string of the molecule is COc1c(OCc2ccccc2)cc(OCc2ccccc2)c(C(=O)C(c2ccc(OCc3ccccc3)c(OCc3ccccc3)c2)C(OC)OC)c1OC. The Balaban J connectivity index is 1.43. The number of Topliss-reactive ketones (excluding diaryl/α,β-unsaturated/α-hetero) is 1. The van der Waals surface area contributed by atoms with Crippen LogP contribution in [0.3, 0.4) is 0 Å². The van der Waals surface area contributed by atoms with Crippen molar-refractivity contribution in [1.29, 1.82) is 0 Å². The van der Waals surface area contributed by atoms with Crippen LogP contribution in [0.4, 0.5) is 0 Å². The van der Waals surface area contributed by atoms with Crippen molar-refractivity contribution in [2.75, 3.05) is 28.4 Å². The van der Waals surface area contributed by atoms with Crippen molar-refractivity contribution in [3.63, 3.8) is 0 Å². The third-order valence-electron chi connectivity index (χ3n) is 9.12. The molecule has 0 aliphatic rings. The number of hydrogen-bond acceptors (Lipinski definition) is 9. The molecule has 0 aromatic heterocycles. The second-order valence-corrected chi connectivity index (χ2v) is 12.8. The summed E-state index contributed by atoms with van der Waals surface area (Å²) in [6, 6.07) is 46.2. The molecule has 0 N–H and O–H groups in total. The summed E-state index contributed by atoms with van der Waals surface area (Å²) in [6.45, 7) is 1.01. The van der Waals surface area contributed by atoms with Gasteiger partial charge < -0.3 is 37.9 Å². The molecular weight excluding hydrogens is 709 g/mol. The van der Waals surface area contributed by atoms with Gasteiger partial charge in [0.1, 0.15) is 37.7 Å². The molecule has 0 saturated heterocycles. The van der Waals surface area contributed by atoms with Crippen LogP contribution in [-0.4, -0.2) is 40.5 Å². The van der Waals surface area contributed by atoms with Gasteiger partial charge in [-0.25, -0.2) is 0 Å². The van der Waals surface area contributed by atoms with Crippen LogP contribution < -0.4 is 28.4 Å². The lowest BCUT2D eigenvalue weighted by molar-refractivity contribution is -0.110. The molecule has 0 radical (unpaired) electrons. The zero-order chi connectivity index (χ0) is 39.1. The van der Waals surface area contributed by atoms with E-state index >= 15 is 4.79 Å². The van der Waals surface area contributed by atoms with Crippen LogP contribution in [0.5, 0.6) is 34.5 Å². The summed E-state index contributed by atoms with van der Waals surface area (Å²) in [4.78, 5) is 15.3. The minimum atomic E-state index is -1.03. The van der Waals surface area contributed by atoms with Crippen LogP contribution >= 0.6 is 0 Å². The first-order valence-electron chi connectivity index (χ1n) is 18.2. The summed E-state index contributed by atoms with van der Waals surface area (Å²) in [7, 11) is 5.96. The number of hydrogen-bond donors (Lipinski definition) is 0. The second-order valence-electron chi connectivity index (χ2n) is 12.8. The summed E-state index contributed by atoms with van der Waals surface area (Å²) >= 11 is 0. The monoisotopic (exact) mass is 754 g/mol. The van der Waals surface area contributed by atoms with E-state index in [1.807, 2.05) is 127 Å². The maximum absolute atomic E-state index is 15.3. The molecule has 6 aromatic carbocycles. The van der Waals surface area contributed by atoms with E-state index in [2.05, 4.69) is 0 Å². The average molecular weight is 755 g/mol. The van der Waals surface area contributed by atoms with Crippen LogP contribution in [0.15, 0.2) is 146 Å². The van der Waals surface area contributed by atoms with Crippen molar-refractivity contribution < 1.29 is 42.7 Å². The quantitative estimate of drug-likeness (QED) is 0.0558. The molecule has 6 aromatic rings. The minimum absolute atomic E-state index is 0.132. The average Bonchev–Trinajstić information content (AvgIpc) is 3.26. The molecule has 9 heteroatoms. The maximum atomic E-state index is 15.3. The first-order valence-corrected chi connectivity index (χ1v) is 18.2. The lowest BCUT2D eigenvalue weighted by Crippen LogP contribution is -2.30. The first-order chi connectivity index (χ1) is 27.5. The van der Waals surface area contributed by atoms with Gasteiger partial charge >= 0.3 is 0 Å². The molecule has 6 rings (SSSR count). The molecule has 0 spiro atoms. The predicted molar refractivity (Wildman–Crippen MR) is 214 cm³/mol. The summed E-state index contributed by atoms with van der Waals surface area (Å²) in [5.41, 5.74) is 4.51. The van der Waals surface area contributed by atoms with Crippen LogP contribution in [-0.2, 0) is 35.9 Å². The molecular formula is C47H46O9. The Hall–Kier alpha value is -6.29. The summed E-state index contributed by atoms with van der Waals surface area (Å²) in [5.74, 6) is 0.484. The maximum Gasteiger partial charge on any atom is 0.204 e. The number of ether oxygens (including phenoxy) is 8. The summed E-state index contributed by atoms with van der Waals surface area (Å²) in [6.07, 6.45) is -1.02.